The summed E-state index contributed by atoms with van der Waals surface area (Å²) in [4.78, 5) is 28.6. The molecule has 0 unspecified atom stereocenters. The fourth-order valence-corrected chi connectivity index (χ4v) is 3.91. The fraction of sp³-hybridized carbons (Fsp3) is 0. The van der Waals surface area contributed by atoms with Gasteiger partial charge in [-0.3, -0.25) is 9.59 Å². The van der Waals surface area contributed by atoms with E-state index in [9.17, 15) is 14.0 Å². The molecule has 1 aliphatic heterocycles. The number of thioether (sulfide) groups is 1. The van der Waals surface area contributed by atoms with Gasteiger partial charge in [-0.1, -0.05) is 60.3 Å². The van der Waals surface area contributed by atoms with E-state index in [1.54, 1.807) is 12.1 Å². The summed E-state index contributed by atoms with van der Waals surface area (Å²) in [7, 11) is 0. The number of imide groups is 1. The molecule has 0 atom stereocenters. The molecule has 0 fully saturated rings. The van der Waals surface area contributed by atoms with Gasteiger partial charge < -0.3 is 0 Å². The van der Waals surface area contributed by atoms with Gasteiger partial charge in [0, 0.05) is 4.90 Å². The molecule has 0 saturated heterocycles. The van der Waals surface area contributed by atoms with Crippen LogP contribution in [-0.4, -0.2) is 11.8 Å². The molecule has 2 amide bonds. The SMILES string of the molecule is O=C1C(Sc2ccccc2)=C(c2ccccc2)C(=O)N1c1ccc(F)cc1. The van der Waals surface area contributed by atoms with Gasteiger partial charge in [-0.2, -0.15) is 0 Å². The van der Waals surface area contributed by atoms with Crippen LogP contribution in [0.2, 0.25) is 0 Å². The van der Waals surface area contributed by atoms with E-state index in [1.165, 1.54) is 36.0 Å². The Kier molecular flexibility index (Phi) is 4.60. The first kappa shape index (κ1) is 17.2. The van der Waals surface area contributed by atoms with Crippen molar-refractivity contribution in [2.75, 3.05) is 4.90 Å². The number of amides is 2. The zero-order valence-electron chi connectivity index (χ0n) is 14.1. The molecule has 4 rings (SSSR count). The molecule has 0 aromatic heterocycles. The molecule has 0 radical (unpaired) electrons. The van der Waals surface area contributed by atoms with Crippen molar-refractivity contribution < 1.29 is 14.0 Å². The minimum Gasteiger partial charge on any atom is -0.268 e. The van der Waals surface area contributed by atoms with Gasteiger partial charge in [0.25, 0.3) is 11.8 Å². The number of carbonyl (C=O) groups excluding carboxylic acids is 2. The molecule has 1 heterocycles. The first-order chi connectivity index (χ1) is 13.1. The highest BCUT2D eigenvalue weighted by Crippen LogP contribution is 2.41. The van der Waals surface area contributed by atoms with Crippen LogP contribution in [-0.2, 0) is 9.59 Å². The molecule has 3 nitrogen and oxygen atoms in total. The van der Waals surface area contributed by atoms with Crippen LogP contribution in [0, 0.1) is 5.82 Å². The number of hydrogen-bond donors (Lipinski definition) is 0. The summed E-state index contributed by atoms with van der Waals surface area (Å²) in [5.41, 5.74) is 1.39. The summed E-state index contributed by atoms with van der Waals surface area (Å²) in [6.45, 7) is 0. The Morgan fingerprint density at radius 2 is 1.30 bits per heavy atom. The van der Waals surface area contributed by atoms with Gasteiger partial charge in [-0.15, -0.1) is 0 Å². The second kappa shape index (κ2) is 7.21. The maximum Gasteiger partial charge on any atom is 0.272 e. The van der Waals surface area contributed by atoms with E-state index >= 15 is 0 Å². The highest BCUT2D eigenvalue weighted by atomic mass is 32.2. The summed E-state index contributed by atoms with van der Waals surface area (Å²) < 4.78 is 13.3. The van der Waals surface area contributed by atoms with Gasteiger partial charge in [0.15, 0.2) is 0 Å². The Morgan fingerprint density at radius 3 is 1.93 bits per heavy atom. The number of carbonyl (C=O) groups is 2. The summed E-state index contributed by atoms with van der Waals surface area (Å²) in [6, 6.07) is 23.9. The lowest BCUT2D eigenvalue weighted by Crippen LogP contribution is -2.31. The second-order valence-electron chi connectivity index (χ2n) is 5.91. The minimum atomic E-state index is -0.423. The molecule has 0 saturated carbocycles. The maximum atomic E-state index is 13.3. The second-order valence-corrected chi connectivity index (χ2v) is 6.99. The van der Waals surface area contributed by atoms with Crippen LogP contribution >= 0.6 is 11.8 Å². The topological polar surface area (TPSA) is 37.4 Å². The Hall–Kier alpha value is -3.18. The van der Waals surface area contributed by atoms with Crippen LogP contribution in [0.3, 0.4) is 0 Å². The van der Waals surface area contributed by atoms with Crippen LogP contribution in [0.25, 0.3) is 5.57 Å². The van der Waals surface area contributed by atoms with Gasteiger partial charge in [0.05, 0.1) is 16.2 Å². The molecule has 0 spiro atoms. The quantitative estimate of drug-likeness (QED) is 0.609. The van der Waals surface area contributed by atoms with Crippen molar-refractivity contribution in [3.05, 3.63) is 101 Å². The van der Waals surface area contributed by atoms with Crippen molar-refractivity contribution in [1.82, 2.24) is 0 Å². The Balaban J connectivity index is 1.81. The molecule has 0 bridgehead atoms. The maximum absolute atomic E-state index is 13.3. The predicted octanol–water partition coefficient (Wildman–Crippen LogP) is 4.90. The molecular formula is C22H14FNO2S. The number of anilines is 1. The number of hydrogen-bond acceptors (Lipinski definition) is 3. The van der Waals surface area contributed by atoms with Crippen LogP contribution in [0.4, 0.5) is 10.1 Å². The van der Waals surface area contributed by atoms with Gasteiger partial charge >= 0.3 is 0 Å². The van der Waals surface area contributed by atoms with E-state index in [2.05, 4.69) is 0 Å². The molecule has 0 N–H and O–H groups in total. The Bertz CT molecular complexity index is 1030. The predicted molar refractivity (Wildman–Crippen MR) is 105 cm³/mol. The van der Waals surface area contributed by atoms with Crippen LogP contribution < -0.4 is 4.90 Å². The Morgan fingerprint density at radius 1 is 0.704 bits per heavy atom. The van der Waals surface area contributed by atoms with Crippen LogP contribution in [0.15, 0.2) is 94.7 Å². The van der Waals surface area contributed by atoms with E-state index in [4.69, 9.17) is 0 Å². The number of benzene rings is 3. The van der Waals surface area contributed by atoms with E-state index in [0.717, 1.165) is 9.80 Å². The average Bonchev–Trinajstić information content (AvgIpc) is 2.94. The summed E-state index contributed by atoms with van der Waals surface area (Å²) in [5.74, 6) is -1.23. The first-order valence-corrected chi connectivity index (χ1v) is 9.14. The van der Waals surface area contributed by atoms with Gasteiger partial charge in [-0.05, 0) is 42.0 Å². The molecule has 0 aliphatic carbocycles. The van der Waals surface area contributed by atoms with Crippen molar-refractivity contribution >= 4 is 34.8 Å². The lowest BCUT2D eigenvalue weighted by atomic mass is 10.1. The normalized spacial score (nSPS) is 14.2. The van der Waals surface area contributed by atoms with Gasteiger partial charge in [0.1, 0.15) is 5.82 Å². The third kappa shape index (κ3) is 3.29. The third-order valence-electron chi connectivity index (χ3n) is 4.15. The average molecular weight is 375 g/mol. The molecule has 132 valence electrons. The van der Waals surface area contributed by atoms with E-state index in [-0.39, 0.29) is 0 Å². The van der Waals surface area contributed by atoms with Crippen molar-refractivity contribution in [3.8, 4) is 0 Å². The number of nitrogens with zero attached hydrogens (tertiary/aromatic N) is 1. The Labute approximate surface area is 160 Å². The summed E-state index contributed by atoms with van der Waals surface area (Å²) in [6.07, 6.45) is 0. The summed E-state index contributed by atoms with van der Waals surface area (Å²) in [5, 5.41) is 0. The van der Waals surface area contributed by atoms with Crippen molar-refractivity contribution in [1.29, 1.82) is 0 Å². The molecule has 3 aromatic rings. The monoisotopic (exact) mass is 375 g/mol. The first-order valence-electron chi connectivity index (χ1n) is 8.32. The van der Waals surface area contributed by atoms with E-state index < -0.39 is 17.6 Å². The molecule has 3 aromatic carbocycles. The van der Waals surface area contributed by atoms with E-state index in [0.29, 0.717) is 21.7 Å². The van der Waals surface area contributed by atoms with Crippen molar-refractivity contribution in [3.63, 3.8) is 0 Å². The lowest BCUT2D eigenvalue weighted by Gasteiger charge is -2.15. The highest BCUT2D eigenvalue weighted by Gasteiger charge is 2.40. The highest BCUT2D eigenvalue weighted by molar-refractivity contribution is 8.04. The summed E-state index contributed by atoms with van der Waals surface area (Å²) >= 11 is 1.26. The molecule has 27 heavy (non-hydrogen) atoms. The molecule has 1 aliphatic rings. The zero-order chi connectivity index (χ0) is 18.8. The molecular weight excluding hydrogens is 361 g/mol. The van der Waals surface area contributed by atoms with E-state index in [1.807, 2.05) is 48.5 Å². The molecule has 5 heteroatoms. The van der Waals surface area contributed by atoms with Crippen molar-refractivity contribution in [2.45, 2.75) is 4.90 Å². The minimum absolute atomic E-state index is 0.350. The van der Waals surface area contributed by atoms with Crippen molar-refractivity contribution in [2.24, 2.45) is 0 Å². The van der Waals surface area contributed by atoms with Crippen LogP contribution in [0.1, 0.15) is 5.56 Å². The van der Waals surface area contributed by atoms with Gasteiger partial charge in [-0.25, -0.2) is 9.29 Å². The van der Waals surface area contributed by atoms with Crippen LogP contribution in [0.5, 0.6) is 0 Å². The fourth-order valence-electron chi connectivity index (χ4n) is 2.89. The number of halogens is 1. The van der Waals surface area contributed by atoms with Gasteiger partial charge in [0.2, 0.25) is 0 Å². The standard InChI is InChI=1S/C22H14FNO2S/c23-16-11-13-17(14-12-16)24-21(25)19(15-7-3-1-4-8-15)20(22(24)26)27-18-9-5-2-6-10-18/h1-14H. The third-order valence-corrected chi connectivity index (χ3v) is 5.24. The zero-order valence-corrected chi connectivity index (χ0v) is 14.9. The smallest absolute Gasteiger partial charge is 0.268 e. The number of rotatable bonds is 4. The lowest BCUT2D eigenvalue weighted by molar-refractivity contribution is -0.119. The largest absolute Gasteiger partial charge is 0.272 e.